The van der Waals surface area contributed by atoms with Crippen molar-refractivity contribution in [2.45, 2.75) is 33.7 Å². The molecule has 0 aliphatic heterocycles. The molecule has 0 fully saturated rings. The third-order valence-electron chi connectivity index (χ3n) is 4.51. The highest BCUT2D eigenvalue weighted by Gasteiger charge is 2.32. The number of halogens is 1. The molecule has 0 saturated carbocycles. The monoisotopic (exact) mass is 429 g/mol. The Hall–Kier alpha value is -3.06. The summed E-state index contributed by atoms with van der Waals surface area (Å²) in [4.78, 5) is 15.2. The van der Waals surface area contributed by atoms with Crippen molar-refractivity contribution in [3.8, 4) is 17.2 Å². The summed E-state index contributed by atoms with van der Waals surface area (Å²) >= 11 is 6.00. The Bertz CT molecular complexity index is 1010. The van der Waals surface area contributed by atoms with E-state index in [0.29, 0.717) is 28.8 Å². The molecule has 1 heterocycles. The normalized spacial score (nSPS) is 12.4. The SMILES string of the molecule is CCOc1oc([C@H](Nc2ccc(Cl)cc2)C(C)(C)C)nc1-c1ccc([N+](=O)[O-])cc1. The predicted molar refractivity (Wildman–Crippen MR) is 117 cm³/mol. The van der Waals surface area contributed by atoms with Gasteiger partial charge in [-0.3, -0.25) is 10.1 Å². The van der Waals surface area contributed by atoms with Crippen LogP contribution in [-0.4, -0.2) is 16.5 Å². The summed E-state index contributed by atoms with van der Waals surface area (Å²) in [6, 6.07) is 13.3. The van der Waals surface area contributed by atoms with Crippen LogP contribution in [0.4, 0.5) is 11.4 Å². The Kier molecular flexibility index (Phi) is 6.31. The van der Waals surface area contributed by atoms with Crippen molar-refractivity contribution in [1.29, 1.82) is 0 Å². The van der Waals surface area contributed by atoms with Gasteiger partial charge in [0.2, 0.25) is 5.89 Å². The molecule has 0 saturated heterocycles. The van der Waals surface area contributed by atoms with Gasteiger partial charge in [0.05, 0.1) is 11.5 Å². The first kappa shape index (κ1) is 21.6. The number of non-ortho nitro benzene ring substituents is 1. The van der Waals surface area contributed by atoms with E-state index in [4.69, 9.17) is 25.7 Å². The van der Waals surface area contributed by atoms with Crippen LogP contribution in [0.2, 0.25) is 5.02 Å². The van der Waals surface area contributed by atoms with E-state index in [1.54, 1.807) is 12.1 Å². The highest BCUT2D eigenvalue weighted by molar-refractivity contribution is 6.30. The summed E-state index contributed by atoms with van der Waals surface area (Å²) in [6.45, 7) is 8.50. The molecule has 1 N–H and O–H groups in total. The van der Waals surface area contributed by atoms with Gasteiger partial charge in [-0.15, -0.1) is 0 Å². The Morgan fingerprint density at radius 1 is 1.17 bits per heavy atom. The van der Waals surface area contributed by atoms with Crippen LogP contribution >= 0.6 is 11.6 Å². The molecule has 8 heteroatoms. The number of oxazole rings is 1. The third-order valence-corrected chi connectivity index (χ3v) is 4.76. The molecule has 0 aliphatic carbocycles. The minimum atomic E-state index is -0.437. The van der Waals surface area contributed by atoms with Gasteiger partial charge in [0.15, 0.2) is 5.69 Å². The molecule has 2 aromatic carbocycles. The third kappa shape index (κ3) is 4.91. The zero-order chi connectivity index (χ0) is 21.9. The standard InChI is InChI=1S/C22H24ClN3O4/c1-5-29-21-18(14-6-12-17(13-7-14)26(27)28)25-20(30-21)19(22(2,3)4)24-16-10-8-15(23)9-11-16/h6-13,19,24H,5H2,1-4H3/t19-/m0/s1. The lowest BCUT2D eigenvalue weighted by Gasteiger charge is -2.29. The van der Waals surface area contributed by atoms with Gasteiger partial charge in [-0.25, -0.2) is 4.98 Å². The van der Waals surface area contributed by atoms with E-state index in [1.807, 2.05) is 31.2 Å². The molecular formula is C22H24ClN3O4. The number of hydrogen-bond acceptors (Lipinski definition) is 6. The van der Waals surface area contributed by atoms with Gasteiger partial charge in [0, 0.05) is 28.4 Å². The van der Waals surface area contributed by atoms with Crippen molar-refractivity contribution in [2.24, 2.45) is 5.41 Å². The van der Waals surface area contributed by atoms with Crippen molar-refractivity contribution in [3.05, 3.63) is 69.6 Å². The number of ether oxygens (including phenoxy) is 1. The molecule has 1 aromatic heterocycles. The molecule has 0 spiro atoms. The molecule has 7 nitrogen and oxygen atoms in total. The van der Waals surface area contributed by atoms with Gasteiger partial charge in [0.1, 0.15) is 6.04 Å². The zero-order valence-corrected chi connectivity index (χ0v) is 18.1. The van der Waals surface area contributed by atoms with Crippen LogP contribution in [-0.2, 0) is 0 Å². The van der Waals surface area contributed by atoms with E-state index >= 15 is 0 Å². The minimum Gasteiger partial charge on any atom is -0.464 e. The fraction of sp³-hybridized carbons (Fsp3) is 0.318. The second-order valence-electron chi connectivity index (χ2n) is 7.88. The summed E-state index contributed by atoms with van der Waals surface area (Å²) in [6.07, 6.45) is 0. The van der Waals surface area contributed by atoms with E-state index in [0.717, 1.165) is 5.69 Å². The lowest BCUT2D eigenvalue weighted by Crippen LogP contribution is -2.26. The molecule has 0 aliphatic rings. The lowest BCUT2D eigenvalue weighted by molar-refractivity contribution is -0.384. The number of nitrogens with zero attached hydrogens (tertiary/aromatic N) is 2. The van der Waals surface area contributed by atoms with Crippen molar-refractivity contribution in [1.82, 2.24) is 4.98 Å². The molecule has 1 atom stereocenters. The first-order valence-corrected chi connectivity index (χ1v) is 9.97. The number of hydrogen-bond donors (Lipinski definition) is 1. The summed E-state index contributed by atoms with van der Waals surface area (Å²) in [5.74, 6) is 0.753. The number of nitro groups is 1. The quantitative estimate of drug-likeness (QED) is 0.340. The van der Waals surface area contributed by atoms with Crippen molar-refractivity contribution in [2.75, 3.05) is 11.9 Å². The van der Waals surface area contributed by atoms with E-state index in [1.165, 1.54) is 12.1 Å². The molecule has 158 valence electrons. The number of nitrogens with one attached hydrogen (secondary N) is 1. The minimum absolute atomic E-state index is 0.0115. The van der Waals surface area contributed by atoms with Crippen molar-refractivity contribution < 1.29 is 14.1 Å². The molecule has 0 bridgehead atoms. The number of nitro benzene ring substituents is 1. The van der Waals surface area contributed by atoms with Crippen molar-refractivity contribution in [3.63, 3.8) is 0 Å². The molecule has 3 aromatic rings. The summed E-state index contributed by atoms with van der Waals surface area (Å²) in [7, 11) is 0. The van der Waals surface area contributed by atoms with Gasteiger partial charge >= 0.3 is 5.95 Å². The van der Waals surface area contributed by atoms with Gasteiger partial charge in [-0.05, 0) is 48.7 Å². The highest BCUT2D eigenvalue weighted by Crippen LogP contribution is 2.40. The van der Waals surface area contributed by atoms with Crippen LogP contribution in [0, 0.1) is 15.5 Å². The van der Waals surface area contributed by atoms with Crippen LogP contribution in [0.25, 0.3) is 11.3 Å². The molecule has 3 rings (SSSR count). The number of anilines is 1. The van der Waals surface area contributed by atoms with Crippen molar-refractivity contribution >= 4 is 23.0 Å². The van der Waals surface area contributed by atoms with E-state index in [2.05, 4.69) is 26.1 Å². The Labute approximate surface area is 180 Å². The van der Waals surface area contributed by atoms with Crippen LogP contribution < -0.4 is 10.1 Å². The van der Waals surface area contributed by atoms with E-state index < -0.39 is 4.92 Å². The van der Waals surface area contributed by atoms with E-state index in [9.17, 15) is 10.1 Å². The molecular weight excluding hydrogens is 406 g/mol. The maximum absolute atomic E-state index is 10.9. The summed E-state index contributed by atoms with van der Waals surface area (Å²) in [5.41, 5.74) is 1.85. The summed E-state index contributed by atoms with van der Waals surface area (Å²) in [5, 5.41) is 15.1. The van der Waals surface area contributed by atoms with Gasteiger partial charge in [0.25, 0.3) is 5.69 Å². The largest absolute Gasteiger partial charge is 0.464 e. The average molecular weight is 430 g/mol. The lowest BCUT2D eigenvalue weighted by atomic mass is 9.86. The van der Waals surface area contributed by atoms with Gasteiger partial charge in [-0.1, -0.05) is 32.4 Å². The van der Waals surface area contributed by atoms with Crippen LogP contribution in [0.15, 0.2) is 52.9 Å². The van der Waals surface area contributed by atoms with Crippen LogP contribution in [0.5, 0.6) is 5.95 Å². The Balaban J connectivity index is 2.00. The number of aromatic nitrogens is 1. The number of benzene rings is 2. The Morgan fingerprint density at radius 2 is 1.80 bits per heavy atom. The molecule has 0 amide bonds. The fourth-order valence-corrected chi connectivity index (χ4v) is 3.09. The first-order valence-electron chi connectivity index (χ1n) is 9.59. The van der Waals surface area contributed by atoms with Gasteiger partial charge in [-0.2, -0.15) is 0 Å². The van der Waals surface area contributed by atoms with Crippen LogP contribution in [0.3, 0.4) is 0 Å². The molecule has 0 unspecified atom stereocenters. The fourth-order valence-electron chi connectivity index (χ4n) is 2.96. The first-order chi connectivity index (χ1) is 14.2. The van der Waals surface area contributed by atoms with Crippen LogP contribution in [0.1, 0.15) is 39.6 Å². The maximum Gasteiger partial charge on any atom is 0.313 e. The Morgan fingerprint density at radius 3 is 2.33 bits per heavy atom. The summed E-state index contributed by atoms with van der Waals surface area (Å²) < 4.78 is 11.7. The molecule has 30 heavy (non-hydrogen) atoms. The topological polar surface area (TPSA) is 90.4 Å². The maximum atomic E-state index is 10.9. The van der Waals surface area contributed by atoms with E-state index in [-0.39, 0.29) is 23.1 Å². The average Bonchev–Trinajstić information content (AvgIpc) is 3.10. The number of rotatable bonds is 7. The highest BCUT2D eigenvalue weighted by atomic mass is 35.5. The second-order valence-corrected chi connectivity index (χ2v) is 8.31. The zero-order valence-electron chi connectivity index (χ0n) is 17.3. The molecule has 0 radical (unpaired) electrons. The smallest absolute Gasteiger partial charge is 0.313 e. The second kappa shape index (κ2) is 8.75. The van der Waals surface area contributed by atoms with Gasteiger partial charge < -0.3 is 14.5 Å². The predicted octanol–water partition coefficient (Wildman–Crippen LogP) is 6.50.